The quantitative estimate of drug-likeness (QED) is 0.858. The first-order valence-corrected chi connectivity index (χ1v) is 6.57. The third kappa shape index (κ3) is 2.68. The standard InChI is InChI=1S/C13H16N4S/c1-8-9(2)16-13(17-10(8)3)18-12-5-4-6-15-11(12)7-14/h4-6H,7,14H2,1-3H3. The van der Waals surface area contributed by atoms with Crippen LogP contribution in [0.2, 0.25) is 0 Å². The van der Waals surface area contributed by atoms with Crippen LogP contribution in [0.1, 0.15) is 22.6 Å². The van der Waals surface area contributed by atoms with Gasteiger partial charge in [0.15, 0.2) is 5.16 Å². The minimum absolute atomic E-state index is 0.424. The van der Waals surface area contributed by atoms with Gasteiger partial charge in [0.05, 0.1) is 5.69 Å². The monoisotopic (exact) mass is 260 g/mol. The summed E-state index contributed by atoms with van der Waals surface area (Å²) in [6, 6.07) is 3.89. The van der Waals surface area contributed by atoms with Crippen LogP contribution in [0.5, 0.6) is 0 Å². The molecule has 0 atom stereocenters. The average Bonchev–Trinajstić information content (AvgIpc) is 2.36. The van der Waals surface area contributed by atoms with Gasteiger partial charge in [-0.05, 0) is 50.2 Å². The molecule has 0 radical (unpaired) electrons. The van der Waals surface area contributed by atoms with Gasteiger partial charge in [-0.15, -0.1) is 0 Å². The molecule has 0 amide bonds. The molecule has 0 bridgehead atoms. The predicted octanol–water partition coefficient (Wildman–Crippen LogP) is 2.41. The molecule has 0 aromatic carbocycles. The molecular weight excluding hydrogens is 244 g/mol. The molecular formula is C13H16N4S. The zero-order chi connectivity index (χ0) is 13.1. The molecule has 0 aliphatic carbocycles. The second kappa shape index (κ2) is 5.46. The maximum Gasteiger partial charge on any atom is 0.192 e. The molecule has 0 unspecified atom stereocenters. The van der Waals surface area contributed by atoms with E-state index in [2.05, 4.69) is 15.0 Å². The smallest absolute Gasteiger partial charge is 0.192 e. The predicted molar refractivity (Wildman–Crippen MR) is 72.5 cm³/mol. The maximum atomic E-state index is 5.67. The van der Waals surface area contributed by atoms with Crippen molar-refractivity contribution in [1.29, 1.82) is 0 Å². The molecule has 0 fully saturated rings. The van der Waals surface area contributed by atoms with Crippen LogP contribution in [-0.2, 0) is 6.54 Å². The molecule has 0 spiro atoms. The van der Waals surface area contributed by atoms with Crippen LogP contribution in [0.3, 0.4) is 0 Å². The molecule has 18 heavy (non-hydrogen) atoms. The molecule has 0 saturated heterocycles. The van der Waals surface area contributed by atoms with Gasteiger partial charge in [0.1, 0.15) is 0 Å². The summed E-state index contributed by atoms with van der Waals surface area (Å²) in [6.07, 6.45) is 1.75. The lowest BCUT2D eigenvalue weighted by molar-refractivity contribution is 0.876. The molecule has 4 nitrogen and oxygen atoms in total. The summed E-state index contributed by atoms with van der Waals surface area (Å²) in [7, 11) is 0. The van der Waals surface area contributed by atoms with Gasteiger partial charge in [0.25, 0.3) is 0 Å². The highest BCUT2D eigenvalue weighted by Crippen LogP contribution is 2.27. The van der Waals surface area contributed by atoms with E-state index in [0.29, 0.717) is 6.54 Å². The van der Waals surface area contributed by atoms with E-state index in [0.717, 1.165) is 32.7 Å². The highest BCUT2D eigenvalue weighted by molar-refractivity contribution is 7.99. The van der Waals surface area contributed by atoms with Gasteiger partial charge in [-0.25, -0.2) is 9.97 Å². The van der Waals surface area contributed by atoms with E-state index in [1.165, 1.54) is 11.8 Å². The SMILES string of the molecule is Cc1nc(Sc2cccnc2CN)nc(C)c1C. The van der Waals surface area contributed by atoms with Gasteiger partial charge in [0, 0.05) is 29.0 Å². The first-order chi connectivity index (χ1) is 8.61. The number of nitrogens with two attached hydrogens (primary N) is 1. The fraction of sp³-hybridized carbons (Fsp3) is 0.308. The van der Waals surface area contributed by atoms with Crippen LogP contribution in [0.25, 0.3) is 0 Å². The highest BCUT2D eigenvalue weighted by Gasteiger charge is 2.09. The van der Waals surface area contributed by atoms with E-state index in [-0.39, 0.29) is 0 Å². The van der Waals surface area contributed by atoms with Crippen molar-refractivity contribution in [2.45, 2.75) is 37.4 Å². The summed E-state index contributed by atoms with van der Waals surface area (Å²) in [4.78, 5) is 14.2. The van der Waals surface area contributed by atoms with E-state index < -0.39 is 0 Å². The van der Waals surface area contributed by atoms with Gasteiger partial charge in [-0.1, -0.05) is 0 Å². The van der Waals surface area contributed by atoms with Crippen molar-refractivity contribution in [1.82, 2.24) is 15.0 Å². The minimum atomic E-state index is 0.424. The Bertz CT molecular complexity index is 546. The van der Waals surface area contributed by atoms with Crippen LogP contribution in [-0.4, -0.2) is 15.0 Å². The van der Waals surface area contributed by atoms with E-state index in [4.69, 9.17) is 5.73 Å². The van der Waals surface area contributed by atoms with Gasteiger partial charge in [-0.2, -0.15) is 0 Å². The summed E-state index contributed by atoms with van der Waals surface area (Å²) >= 11 is 1.51. The second-order valence-corrected chi connectivity index (χ2v) is 5.07. The topological polar surface area (TPSA) is 64.7 Å². The molecule has 0 aliphatic heterocycles. The molecule has 2 N–H and O–H groups in total. The first kappa shape index (κ1) is 13.0. The Morgan fingerprint density at radius 2 is 1.83 bits per heavy atom. The largest absolute Gasteiger partial charge is 0.325 e. The second-order valence-electron chi connectivity index (χ2n) is 4.06. The third-order valence-electron chi connectivity index (χ3n) is 2.86. The van der Waals surface area contributed by atoms with Crippen molar-refractivity contribution >= 4 is 11.8 Å². The molecule has 0 aliphatic rings. The van der Waals surface area contributed by atoms with Crippen LogP contribution in [0, 0.1) is 20.8 Å². The number of rotatable bonds is 3. The lowest BCUT2D eigenvalue weighted by Gasteiger charge is -2.08. The average molecular weight is 260 g/mol. The number of aromatic nitrogens is 3. The Hall–Kier alpha value is -1.46. The molecule has 2 heterocycles. The summed E-state index contributed by atoms with van der Waals surface area (Å²) in [5.41, 5.74) is 9.73. The van der Waals surface area contributed by atoms with Crippen LogP contribution in [0.15, 0.2) is 28.4 Å². The third-order valence-corrected chi connectivity index (χ3v) is 3.81. The van der Waals surface area contributed by atoms with Gasteiger partial charge >= 0.3 is 0 Å². The van der Waals surface area contributed by atoms with Crippen molar-refractivity contribution in [2.75, 3.05) is 0 Å². The highest BCUT2D eigenvalue weighted by atomic mass is 32.2. The Kier molecular flexibility index (Phi) is 3.93. The summed E-state index contributed by atoms with van der Waals surface area (Å²) in [6.45, 7) is 6.46. The summed E-state index contributed by atoms with van der Waals surface area (Å²) < 4.78 is 0. The van der Waals surface area contributed by atoms with Crippen LogP contribution < -0.4 is 5.73 Å². The number of nitrogens with zero attached hydrogens (tertiary/aromatic N) is 3. The fourth-order valence-electron chi connectivity index (χ4n) is 1.55. The molecule has 0 saturated carbocycles. The van der Waals surface area contributed by atoms with Gasteiger partial charge in [0.2, 0.25) is 0 Å². The van der Waals surface area contributed by atoms with E-state index in [9.17, 15) is 0 Å². The first-order valence-electron chi connectivity index (χ1n) is 5.75. The lowest BCUT2D eigenvalue weighted by atomic mass is 10.2. The van der Waals surface area contributed by atoms with Crippen molar-refractivity contribution < 1.29 is 0 Å². The van der Waals surface area contributed by atoms with Crippen molar-refractivity contribution in [3.05, 3.63) is 41.0 Å². The Balaban J connectivity index is 2.34. The van der Waals surface area contributed by atoms with Gasteiger partial charge in [-0.3, -0.25) is 4.98 Å². The number of aryl methyl sites for hydroxylation is 2. The van der Waals surface area contributed by atoms with Crippen molar-refractivity contribution in [2.24, 2.45) is 5.73 Å². The number of hydrogen-bond donors (Lipinski definition) is 1. The van der Waals surface area contributed by atoms with Crippen LogP contribution in [0.4, 0.5) is 0 Å². The van der Waals surface area contributed by atoms with Crippen molar-refractivity contribution in [3.8, 4) is 0 Å². The van der Waals surface area contributed by atoms with E-state index in [1.54, 1.807) is 6.20 Å². The van der Waals surface area contributed by atoms with E-state index in [1.807, 2.05) is 32.9 Å². The molecule has 2 aromatic rings. The summed E-state index contributed by atoms with van der Waals surface area (Å²) in [5, 5.41) is 0.748. The number of pyridine rings is 1. The Morgan fingerprint density at radius 3 is 2.44 bits per heavy atom. The Labute approximate surface area is 111 Å². The minimum Gasteiger partial charge on any atom is -0.325 e. The molecule has 94 valence electrons. The molecule has 5 heteroatoms. The zero-order valence-corrected chi connectivity index (χ0v) is 11.6. The fourth-order valence-corrected chi connectivity index (χ4v) is 2.52. The Morgan fingerprint density at radius 1 is 1.17 bits per heavy atom. The maximum absolute atomic E-state index is 5.67. The van der Waals surface area contributed by atoms with Crippen LogP contribution >= 0.6 is 11.8 Å². The van der Waals surface area contributed by atoms with Crippen molar-refractivity contribution in [3.63, 3.8) is 0 Å². The molecule has 2 rings (SSSR count). The lowest BCUT2D eigenvalue weighted by Crippen LogP contribution is -2.02. The van der Waals surface area contributed by atoms with E-state index >= 15 is 0 Å². The summed E-state index contributed by atoms with van der Waals surface area (Å²) in [5.74, 6) is 0. The normalized spacial score (nSPS) is 10.7. The zero-order valence-electron chi connectivity index (χ0n) is 10.8. The number of hydrogen-bond acceptors (Lipinski definition) is 5. The molecule has 2 aromatic heterocycles. The van der Waals surface area contributed by atoms with Gasteiger partial charge < -0.3 is 5.73 Å².